The van der Waals surface area contributed by atoms with Gasteiger partial charge in [-0.2, -0.15) is 0 Å². The van der Waals surface area contributed by atoms with E-state index in [2.05, 4.69) is 0 Å². The second-order valence-electron chi connectivity index (χ2n) is 4.44. The van der Waals surface area contributed by atoms with Gasteiger partial charge in [0.1, 0.15) is 0 Å². The zero-order valence-electron chi connectivity index (χ0n) is 10.0. The highest BCUT2D eigenvalue weighted by Gasteiger charge is 2.32. The molecule has 1 aliphatic heterocycles. The minimum absolute atomic E-state index is 0.0472. The molecule has 0 aromatic rings. The Bertz CT molecular complexity index is 369. The van der Waals surface area contributed by atoms with Crippen LogP contribution in [0.15, 0.2) is 0 Å². The van der Waals surface area contributed by atoms with Gasteiger partial charge in [0.05, 0.1) is 12.2 Å². The molecular formula is C10H20N2O4S. The number of rotatable bonds is 5. The molecule has 1 rings (SSSR count). The van der Waals surface area contributed by atoms with Crippen molar-refractivity contribution >= 4 is 16.0 Å². The van der Waals surface area contributed by atoms with Crippen LogP contribution in [-0.2, 0) is 14.8 Å². The Morgan fingerprint density at radius 2 is 2.18 bits per heavy atom. The lowest BCUT2D eigenvalue weighted by molar-refractivity contribution is -0.136. The fourth-order valence-electron chi connectivity index (χ4n) is 2.05. The fraction of sp³-hybridized carbons (Fsp3) is 0.900. The Labute approximate surface area is 102 Å². The summed E-state index contributed by atoms with van der Waals surface area (Å²) in [5, 5.41) is 8.51. The van der Waals surface area contributed by atoms with Crippen molar-refractivity contribution in [1.29, 1.82) is 0 Å². The van der Waals surface area contributed by atoms with E-state index in [0.29, 0.717) is 19.5 Å². The monoisotopic (exact) mass is 264 g/mol. The number of hydrogen-bond donors (Lipinski definition) is 2. The third kappa shape index (κ3) is 3.93. The maximum Gasteiger partial charge on any atom is 0.304 e. The lowest BCUT2D eigenvalue weighted by Crippen LogP contribution is -2.49. The Kier molecular flexibility index (Phi) is 4.91. The fourth-order valence-corrected chi connectivity index (χ4v) is 3.54. The van der Waals surface area contributed by atoms with Crippen LogP contribution < -0.4 is 5.73 Å². The van der Waals surface area contributed by atoms with E-state index >= 15 is 0 Å². The first-order valence-corrected chi connectivity index (χ1v) is 7.43. The van der Waals surface area contributed by atoms with Crippen LogP contribution in [0.1, 0.15) is 26.2 Å². The lowest BCUT2D eigenvalue weighted by Gasteiger charge is -2.35. The predicted octanol–water partition coefficient (Wildman–Crippen LogP) is -0.150. The van der Waals surface area contributed by atoms with E-state index in [4.69, 9.17) is 10.8 Å². The maximum atomic E-state index is 11.9. The van der Waals surface area contributed by atoms with Gasteiger partial charge in [-0.25, -0.2) is 12.7 Å². The van der Waals surface area contributed by atoms with Gasteiger partial charge in [-0.3, -0.25) is 4.79 Å². The van der Waals surface area contributed by atoms with E-state index < -0.39 is 16.0 Å². The summed E-state index contributed by atoms with van der Waals surface area (Å²) in [6, 6.07) is 0.0472. The van der Waals surface area contributed by atoms with E-state index in [1.165, 1.54) is 4.31 Å². The molecule has 0 aliphatic carbocycles. The van der Waals surface area contributed by atoms with E-state index in [1.54, 1.807) is 0 Å². The van der Waals surface area contributed by atoms with Crippen molar-refractivity contribution in [1.82, 2.24) is 4.31 Å². The number of nitrogens with zero attached hydrogens (tertiary/aromatic N) is 1. The van der Waals surface area contributed by atoms with Gasteiger partial charge in [-0.1, -0.05) is 13.3 Å². The molecule has 3 N–H and O–H groups in total. The van der Waals surface area contributed by atoms with Crippen molar-refractivity contribution in [2.75, 3.05) is 18.8 Å². The maximum absolute atomic E-state index is 11.9. The van der Waals surface area contributed by atoms with Crippen LogP contribution in [0.4, 0.5) is 0 Å². The van der Waals surface area contributed by atoms with Gasteiger partial charge in [0.25, 0.3) is 0 Å². The Hall–Kier alpha value is -0.660. The average molecular weight is 264 g/mol. The Morgan fingerprint density at radius 3 is 2.71 bits per heavy atom. The molecule has 0 aromatic heterocycles. The highest BCUT2D eigenvalue weighted by atomic mass is 32.2. The predicted molar refractivity (Wildman–Crippen MR) is 64.0 cm³/mol. The highest BCUT2D eigenvalue weighted by molar-refractivity contribution is 7.89. The first-order valence-electron chi connectivity index (χ1n) is 5.82. The first-order chi connectivity index (χ1) is 7.86. The van der Waals surface area contributed by atoms with Crippen LogP contribution >= 0.6 is 0 Å². The number of carbonyl (C=O) groups is 1. The van der Waals surface area contributed by atoms with Crippen molar-refractivity contribution in [3.8, 4) is 0 Å². The standard InChI is InChI=1S/C10H20N2O4S/c1-2-8-7-12(5-3-9(8)11)17(15,16)6-4-10(13)14/h8-9H,2-7,11H2,1H3,(H,13,14). The van der Waals surface area contributed by atoms with Crippen LogP contribution in [0, 0.1) is 5.92 Å². The zero-order valence-corrected chi connectivity index (χ0v) is 10.8. The molecule has 0 amide bonds. The van der Waals surface area contributed by atoms with Gasteiger partial charge in [-0.05, 0) is 12.3 Å². The first kappa shape index (κ1) is 14.4. The molecule has 1 fully saturated rings. The Balaban J connectivity index is 2.63. The summed E-state index contributed by atoms with van der Waals surface area (Å²) < 4.78 is 25.1. The van der Waals surface area contributed by atoms with Crippen molar-refractivity contribution in [3.63, 3.8) is 0 Å². The van der Waals surface area contributed by atoms with E-state index in [1.807, 2.05) is 6.92 Å². The van der Waals surface area contributed by atoms with Crippen molar-refractivity contribution in [2.45, 2.75) is 32.2 Å². The topological polar surface area (TPSA) is 101 Å². The quantitative estimate of drug-likeness (QED) is 0.719. The van der Waals surface area contributed by atoms with Gasteiger partial charge >= 0.3 is 5.97 Å². The van der Waals surface area contributed by atoms with E-state index in [0.717, 1.165) is 6.42 Å². The average Bonchev–Trinajstić information content (AvgIpc) is 2.27. The molecule has 2 unspecified atom stereocenters. The van der Waals surface area contributed by atoms with Gasteiger partial charge < -0.3 is 10.8 Å². The molecule has 0 spiro atoms. The number of sulfonamides is 1. The van der Waals surface area contributed by atoms with Crippen LogP contribution in [-0.4, -0.2) is 48.7 Å². The second-order valence-corrected chi connectivity index (χ2v) is 6.53. The minimum atomic E-state index is -3.45. The summed E-state index contributed by atoms with van der Waals surface area (Å²) in [4.78, 5) is 10.4. The third-order valence-corrected chi connectivity index (χ3v) is 5.09. The molecule has 0 radical (unpaired) electrons. The molecule has 7 heteroatoms. The van der Waals surface area contributed by atoms with E-state index in [9.17, 15) is 13.2 Å². The van der Waals surface area contributed by atoms with Crippen molar-refractivity contribution in [2.24, 2.45) is 11.7 Å². The minimum Gasteiger partial charge on any atom is -0.481 e. The van der Waals surface area contributed by atoms with Gasteiger partial charge in [0.15, 0.2) is 0 Å². The molecule has 1 heterocycles. The summed E-state index contributed by atoms with van der Waals surface area (Å²) in [5.41, 5.74) is 5.90. The molecule has 1 aliphatic rings. The molecule has 1 saturated heterocycles. The number of aliphatic carboxylic acids is 1. The SMILES string of the molecule is CCC1CN(S(=O)(=O)CCC(=O)O)CCC1N. The molecule has 17 heavy (non-hydrogen) atoms. The molecule has 0 aromatic carbocycles. The molecular weight excluding hydrogens is 244 g/mol. The summed E-state index contributed by atoms with van der Waals surface area (Å²) in [7, 11) is -3.45. The zero-order chi connectivity index (χ0) is 13.1. The normalized spacial score (nSPS) is 26.9. The van der Waals surface area contributed by atoms with Crippen LogP contribution in [0.3, 0.4) is 0 Å². The van der Waals surface area contributed by atoms with Gasteiger partial charge in [0, 0.05) is 19.1 Å². The molecule has 6 nitrogen and oxygen atoms in total. The number of carboxylic acid groups (broad SMARTS) is 1. The Morgan fingerprint density at radius 1 is 1.53 bits per heavy atom. The van der Waals surface area contributed by atoms with Crippen LogP contribution in [0.5, 0.6) is 0 Å². The summed E-state index contributed by atoms with van der Waals surface area (Å²) in [6.07, 6.45) is 1.14. The summed E-state index contributed by atoms with van der Waals surface area (Å²) in [6.45, 7) is 2.80. The van der Waals surface area contributed by atoms with Crippen LogP contribution in [0.2, 0.25) is 0 Å². The lowest BCUT2D eigenvalue weighted by atomic mass is 9.92. The number of nitrogens with two attached hydrogens (primary N) is 1. The smallest absolute Gasteiger partial charge is 0.304 e. The van der Waals surface area contributed by atoms with Gasteiger partial charge in [0.2, 0.25) is 10.0 Å². The largest absolute Gasteiger partial charge is 0.481 e. The van der Waals surface area contributed by atoms with Crippen molar-refractivity contribution < 1.29 is 18.3 Å². The number of hydrogen-bond acceptors (Lipinski definition) is 4. The summed E-state index contributed by atoms with van der Waals surface area (Å²) >= 11 is 0. The second kappa shape index (κ2) is 5.79. The van der Waals surface area contributed by atoms with Crippen molar-refractivity contribution in [3.05, 3.63) is 0 Å². The molecule has 2 atom stereocenters. The van der Waals surface area contributed by atoms with E-state index in [-0.39, 0.29) is 24.1 Å². The molecule has 100 valence electrons. The highest BCUT2D eigenvalue weighted by Crippen LogP contribution is 2.21. The van der Waals surface area contributed by atoms with Gasteiger partial charge in [-0.15, -0.1) is 0 Å². The number of carboxylic acids is 1. The molecule has 0 bridgehead atoms. The van der Waals surface area contributed by atoms with Crippen LogP contribution in [0.25, 0.3) is 0 Å². The number of piperidine rings is 1. The summed E-state index contributed by atoms with van der Waals surface area (Å²) in [5.74, 6) is -1.24. The third-order valence-electron chi connectivity index (χ3n) is 3.25. The molecule has 0 saturated carbocycles.